The van der Waals surface area contributed by atoms with Crippen LogP contribution in [0.2, 0.25) is 0 Å². The maximum atomic E-state index is 15.3. The van der Waals surface area contributed by atoms with Crippen molar-refractivity contribution in [2.75, 3.05) is 60.1 Å². The number of nitrogens with two attached hydrogens (primary N) is 1. The smallest absolute Gasteiger partial charge is 0.329 e. The Labute approximate surface area is 537 Å². The number of ether oxygens (including phenoxy) is 2. The molecule has 0 radical (unpaired) electrons. The predicted octanol–water partition coefficient (Wildman–Crippen LogP) is 1.67. The molecular weight excluding hydrogens is 1210 g/mol. The van der Waals surface area contributed by atoms with Crippen LogP contribution in [0.15, 0.2) is 20.4 Å². The molecule has 5 heterocycles. The van der Waals surface area contributed by atoms with Gasteiger partial charge in [-0.1, -0.05) is 60.5 Å². The van der Waals surface area contributed by atoms with E-state index < -0.39 is 208 Å². The number of azide groups is 1. The molecule has 31 nitrogen and oxygen atoms in total. The Morgan fingerprint density at radius 3 is 1.49 bits per heavy atom. The molecule has 1 aromatic rings. The summed E-state index contributed by atoms with van der Waals surface area (Å²) in [5.41, 5.74) is 11.8. The molecule has 0 bridgehead atoms. The summed E-state index contributed by atoms with van der Waals surface area (Å²) in [4.78, 5) is 203. The molecule has 10 amide bonds. The third-order valence-electron chi connectivity index (χ3n) is 17.8. The molecule has 7 rings (SSSR count). The number of carbonyl (C=O) groups excluding carboxylic acids is 12. The first-order chi connectivity index (χ1) is 43.6. The molecule has 1 aliphatic carbocycles. The molecule has 0 saturated carbocycles. The van der Waals surface area contributed by atoms with Gasteiger partial charge in [-0.3, -0.25) is 52.7 Å². The normalized spacial score (nSPS) is 25.6. The molecule has 6 aliphatic rings. The lowest BCUT2D eigenvalue weighted by molar-refractivity contribution is -0.163. The minimum atomic E-state index is -1.93. The van der Waals surface area contributed by atoms with Crippen molar-refractivity contribution >= 4 is 93.5 Å². The lowest BCUT2D eigenvalue weighted by Crippen LogP contribution is -2.61. The summed E-state index contributed by atoms with van der Waals surface area (Å²) < 4.78 is 18.3. The standard InChI is InChI=1S/C62H85N15O16/c1-26(2)42-59(87)76-21-17-19-36(76)57(85)72(13)24-38(78)74(15)48(28(5)6)61(89)91-32(11)44(55(83)66-42)68-53(81)34-23-35(70-71-64)30(9)51-46(34)65-47-40(41(63)50(80)31(10)52(47)93-51)54(82)69-45-33(12)92-62(90)49(29(7)8)75(16)39(79)25-73(14)58(86)37-20-18-22-77(37)60(88)43(27(3)4)67-56(45)84/h23,26-29,32-33,36-37,42-45,48-49H,17-22,24-25,63H2,1-16H3,(H,66,83)(H,67,84)(H,68,81)(H,69,82)/t32-,33-,36+,37+,42-,43-,44+,45+,48+,49+/m1/s1. The summed E-state index contributed by atoms with van der Waals surface area (Å²) >= 11 is 0. The third-order valence-corrected chi connectivity index (χ3v) is 17.8. The molecule has 504 valence electrons. The molecule has 0 spiro atoms. The van der Waals surface area contributed by atoms with Crippen LogP contribution in [0.25, 0.3) is 33.0 Å². The van der Waals surface area contributed by atoms with Gasteiger partial charge < -0.3 is 70.3 Å². The van der Waals surface area contributed by atoms with Crippen LogP contribution in [0.4, 0.5) is 11.4 Å². The second kappa shape index (κ2) is 28.6. The van der Waals surface area contributed by atoms with Crippen LogP contribution in [0.5, 0.6) is 0 Å². The third kappa shape index (κ3) is 14.3. The number of aromatic nitrogens is 1. The van der Waals surface area contributed by atoms with Gasteiger partial charge in [0.15, 0.2) is 11.3 Å². The van der Waals surface area contributed by atoms with Gasteiger partial charge in [-0.2, -0.15) is 0 Å². The average molecular weight is 1300 g/mol. The highest BCUT2D eigenvalue weighted by atomic mass is 16.6. The van der Waals surface area contributed by atoms with Crippen molar-refractivity contribution in [1.29, 1.82) is 0 Å². The fraction of sp³-hybridized carbons (Fsp3) is 0.613. The van der Waals surface area contributed by atoms with Crippen LogP contribution < -0.4 is 32.4 Å². The first kappa shape index (κ1) is 71.0. The van der Waals surface area contributed by atoms with Crippen LogP contribution in [0.3, 0.4) is 0 Å². The van der Waals surface area contributed by atoms with Crippen molar-refractivity contribution in [2.45, 2.75) is 169 Å². The zero-order chi connectivity index (χ0) is 69.3. The Bertz CT molecular complexity index is 3620. The predicted molar refractivity (Wildman–Crippen MR) is 334 cm³/mol. The molecule has 31 heteroatoms. The monoisotopic (exact) mass is 1300 g/mol. The second-order valence-corrected chi connectivity index (χ2v) is 25.9. The molecule has 10 atom stereocenters. The number of esters is 2. The van der Waals surface area contributed by atoms with Gasteiger partial charge in [0.25, 0.3) is 11.8 Å². The van der Waals surface area contributed by atoms with Crippen LogP contribution in [0.1, 0.15) is 127 Å². The van der Waals surface area contributed by atoms with E-state index in [1.165, 1.54) is 75.5 Å². The molecule has 0 unspecified atom stereocenters. The van der Waals surface area contributed by atoms with Crippen molar-refractivity contribution in [2.24, 2.45) is 28.8 Å². The van der Waals surface area contributed by atoms with Crippen molar-refractivity contribution in [3.05, 3.63) is 49.0 Å². The fourth-order valence-electron chi connectivity index (χ4n) is 12.5. The summed E-state index contributed by atoms with van der Waals surface area (Å²) in [5, 5.41) is 14.3. The van der Waals surface area contributed by atoms with E-state index in [9.17, 15) is 58.3 Å². The number of nitrogen functional groups attached to an aromatic ring is 1. The van der Waals surface area contributed by atoms with Gasteiger partial charge in [0.1, 0.15) is 71.8 Å². The van der Waals surface area contributed by atoms with Gasteiger partial charge >= 0.3 is 11.9 Å². The Morgan fingerprint density at radius 1 is 0.656 bits per heavy atom. The summed E-state index contributed by atoms with van der Waals surface area (Å²) in [6.07, 6.45) is -1.88. The quantitative estimate of drug-likeness (QED) is 0.0508. The van der Waals surface area contributed by atoms with E-state index in [1.807, 2.05) is 0 Å². The van der Waals surface area contributed by atoms with Gasteiger partial charge in [-0.15, -0.1) is 0 Å². The van der Waals surface area contributed by atoms with Gasteiger partial charge in [-0.25, -0.2) is 14.6 Å². The van der Waals surface area contributed by atoms with Crippen molar-refractivity contribution < 1.29 is 71.4 Å². The molecule has 5 aliphatic heterocycles. The Kier molecular flexibility index (Phi) is 21.9. The van der Waals surface area contributed by atoms with Crippen molar-refractivity contribution in [1.82, 2.24) is 55.7 Å². The van der Waals surface area contributed by atoms with E-state index in [1.54, 1.807) is 55.4 Å². The van der Waals surface area contributed by atoms with E-state index in [4.69, 9.17) is 24.6 Å². The van der Waals surface area contributed by atoms with Gasteiger partial charge in [0, 0.05) is 63.0 Å². The number of nitrogens with zero attached hydrogens (tertiary/aromatic N) is 10. The highest BCUT2D eigenvalue weighted by molar-refractivity contribution is 6.11. The summed E-state index contributed by atoms with van der Waals surface area (Å²) in [6, 6.07) is -10.0. The number of amides is 10. The molecule has 4 fully saturated rings. The largest absolute Gasteiger partial charge is 0.458 e. The SMILES string of the molecule is Cc1c2oc3c(C)c(N=[N+]=[N-])cc(C(=O)N[C@@H]4C(=O)N[C@H](C(C)C)C(=O)N5CCC[C@H]5C(=O)N(C)CC(=O)N(C)[C@@H](C(C)C)C(=O)O[C@@H]4C)c3nc-2c(C(=O)N[C@@H]2C(=O)N[C@H](C(C)C)C(=O)N3CCC[C@H]3C(=O)N(C)CC(=O)N(C)[C@@H](C(C)C)C(=O)O[C@@H]2C)c(N)c1=O. The van der Waals surface area contributed by atoms with Crippen LogP contribution in [-0.2, 0) is 57.4 Å². The zero-order valence-electron chi connectivity index (χ0n) is 55.4. The van der Waals surface area contributed by atoms with Gasteiger partial charge in [0.05, 0.1) is 29.9 Å². The Balaban J connectivity index is 1.37. The number of carbonyl (C=O) groups is 12. The number of nitrogens with one attached hydrogen (secondary N) is 4. The molecule has 4 saturated heterocycles. The van der Waals surface area contributed by atoms with Crippen molar-refractivity contribution in [3.63, 3.8) is 0 Å². The minimum Gasteiger partial charge on any atom is -0.458 e. The number of hydrogen-bond donors (Lipinski definition) is 5. The topological polar surface area (TPSA) is 409 Å². The first-order valence-corrected chi connectivity index (χ1v) is 31.1. The number of fused-ring (bicyclic) bond motifs is 4. The molecule has 1 aromatic carbocycles. The van der Waals surface area contributed by atoms with E-state index in [-0.39, 0.29) is 48.3 Å². The van der Waals surface area contributed by atoms with Crippen LogP contribution in [-0.4, -0.2) is 220 Å². The summed E-state index contributed by atoms with van der Waals surface area (Å²) in [6.45, 7) is 17.8. The zero-order valence-corrected chi connectivity index (χ0v) is 55.4. The maximum Gasteiger partial charge on any atom is 0.329 e. The van der Waals surface area contributed by atoms with E-state index in [2.05, 4.69) is 31.3 Å². The summed E-state index contributed by atoms with van der Waals surface area (Å²) in [7, 11) is 5.51. The van der Waals surface area contributed by atoms with E-state index in [0.717, 1.165) is 15.9 Å². The molecule has 0 aromatic heterocycles. The number of anilines is 1. The highest BCUT2D eigenvalue weighted by Crippen LogP contribution is 2.38. The Morgan fingerprint density at radius 2 is 1.09 bits per heavy atom. The van der Waals surface area contributed by atoms with E-state index >= 15 is 9.59 Å². The van der Waals surface area contributed by atoms with E-state index in [0.29, 0.717) is 12.8 Å². The number of hydrogen-bond acceptors (Lipinski definition) is 19. The van der Waals surface area contributed by atoms with Crippen LogP contribution in [0, 0.1) is 37.5 Å². The lowest BCUT2D eigenvalue weighted by atomic mass is 9.98. The highest BCUT2D eigenvalue weighted by Gasteiger charge is 2.47. The van der Waals surface area contributed by atoms with Gasteiger partial charge in [0.2, 0.25) is 52.7 Å². The second-order valence-electron chi connectivity index (χ2n) is 25.9. The Hall–Kier alpha value is -9.41. The maximum absolute atomic E-state index is 15.3. The lowest BCUT2D eigenvalue weighted by Gasteiger charge is -2.36. The van der Waals surface area contributed by atoms with Crippen LogP contribution >= 0.6 is 0 Å². The number of likely N-dealkylation sites (N-methyl/N-ethyl adjacent to an activating group) is 4. The number of benzene rings is 2. The number of rotatable bonds is 9. The first-order valence-electron chi connectivity index (χ1n) is 31.1. The summed E-state index contributed by atoms with van der Waals surface area (Å²) in [5.74, 6) is -13.2. The molecular formula is C62H85N15O16. The van der Waals surface area contributed by atoms with Crippen molar-refractivity contribution in [3.8, 4) is 11.5 Å². The van der Waals surface area contributed by atoms with Gasteiger partial charge in [-0.05, 0) is 88.6 Å². The molecule has 6 N–H and O–H groups in total. The fourth-order valence-corrected chi connectivity index (χ4v) is 12.5. The average Bonchev–Trinajstić information content (AvgIpc) is 1.16. The number of cyclic esters (lactones) is 2. The minimum absolute atomic E-state index is 0.0473. The number of aryl methyl sites for hydroxylation is 1. The molecule has 93 heavy (non-hydrogen) atoms.